The van der Waals surface area contributed by atoms with Crippen molar-refractivity contribution >= 4 is 29.0 Å². The Labute approximate surface area is 259 Å². The minimum absolute atomic E-state index is 0.116. The number of hydrogen-bond donors (Lipinski definition) is 0. The molecule has 0 amide bonds. The van der Waals surface area contributed by atoms with Crippen LogP contribution >= 0.6 is 11.8 Å². The number of alkyl halides is 3. The largest absolute Gasteiger partial charge is 0.487 e. The molecule has 44 heavy (non-hydrogen) atoms. The number of nitrogens with zero attached hydrogens (tertiary/aromatic N) is 3. The molecule has 3 aromatic heterocycles. The van der Waals surface area contributed by atoms with Gasteiger partial charge in [0.2, 0.25) is 0 Å². The number of halogens is 3. The maximum atomic E-state index is 12.9. The smallest absolute Gasteiger partial charge is 0.417 e. The summed E-state index contributed by atoms with van der Waals surface area (Å²) in [6.07, 6.45) is -0.307. The van der Waals surface area contributed by atoms with Gasteiger partial charge in [0.05, 0.1) is 22.9 Å². The molecule has 0 spiro atoms. The van der Waals surface area contributed by atoms with Crippen molar-refractivity contribution < 1.29 is 22.7 Å². The second-order valence-corrected chi connectivity index (χ2v) is 13.7. The first-order valence-electron chi connectivity index (χ1n) is 14.3. The first kappa shape index (κ1) is 31.3. The van der Waals surface area contributed by atoms with E-state index in [9.17, 15) is 18.0 Å². The lowest BCUT2D eigenvalue weighted by Crippen LogP contribution is -2.13. The summed E-state index contributed by atoms with van der Waals surface area (Å²) in [5.41, 5.74) is 5.17. The van der Waals surface area contributed by atoms with Gasteiger partial charge in [0.1, 0.15) is 18.6 Å². The molecule has 0 saturated carbocycles. The lowest BCUT2D eigenvalue weighted by molar-refractivity contribution is -0.137. The van der Waals surface area contributed by atoms with Gasteiger partial charge in [0.15, 0.2) is 0 Å². The Kier molecular flexibility index (Phi) is 8.88. The molecule has 9 heteroatoms. The van der Waals surface area contributed by atoms with Gasteiger partial charge in [-0.25, -0.2) is 0 Å². The molecule has 0 aliphatic carbocycles. The van der Waals surface area contributed by atoms with Crippen molar-refractivity contribution in [1.29, 1.82) is 0 Å². The van der Waals surface area contributed by atoms with E-state index < -0.39 is 17.7 Å². The summed E-state index contributed by atoms with van der Waals surface area (Å²) in [7, 11) is 1.98. The predicted molar refractivity (Wildman–Crippen MR) is 169 cm³/mol. The van der Waals surface area contributed by atoms with Crippen LogP contribution in [-0.4, -0.2) is 25.6 Å². The topological polar surface area (TPSA) is 57.0 Å². The van der Waals surface area contributed by atoms with Crippen LogP contribution in [0.25, 0.3) is 22.2 Å². The number of hydrogen-bond acceptors (Lipinski definition) is 5. The van der Waals surface area contributed by atoms with Crippen LogP contribution in [0.2, 0.25) is 0 Å². The summed E-state index contributed by atoms with van der Waals surface area (Å²) >= 11 is 1.72. The van der Waals surface area contributed by atoms with E-state index in [0.717, 1.165) is 62.6 Å². The summed E-state index contributed by atoms with van der Waals surface area (Å²) in [5.74, 6) is 0.302. The van der Waals surface area contributed by atoms with E-state index in [1.165, 1.54) is 6.07 Å². The van der Waals surface area contributed by atoms with Crippen molar-refractivity contribution in [3.8, 4) is 17.0 Å². The molecule has 1 atom stereocenters. The lowest BCUT2D eigenvalue weighted by atomic mass is 9.96. The van der Waals surface area contributed by atoms with Crippen molar-refractivity contribution in [3.63, 3.8) is 0 Å². The molecule has 0 bridgehead atoms. The molecule has 0 aliphatic heterocycles. The summed E-state index contributed by atoms with van der Waals surface area (Å²) in [6.45, 7) is 8.78. The first-order valence-corrected chi connectivity index (χ1v) is 15.1. The van der Waals surface area contributed by atoms with E-state index in [1.807, 2.05) is 74.8 Å². The third-order valence-electron chi connectivity index (χ3n) is 7.25. The van der Waals surface area contributed by atoms with Crippen molar-refractivity contribution in [2.45, 2.75) is 62.5 Å². The van der Waals surface area contributed by atoms with E-state index in [2.05, 4.69) is 35.3 Å². The monoisotopic (exact) mass is 617 g/mol. The fraction of sp³-hybridized carbons (Fsp3) is 0.286. The number of ether oxygens (including phenoxy) is 1. The second kappa shape index (κ2) is 12.5. The van der Waals surface area contributed by atoms with E-state index >= 15 is 0 Å². The van der Waals surface area contributed by atoms with Crippen LogP contribution < -0.4 is 4.74 Å². The molecular weight excluding hydrogens is 583 g/mol. The zero-order chi connectivity index (χ0) is 31.6. The molecule has 0 saturated heterocycles. The van der Waals surface area contributed by atoms with Gasteiger partial charge in [0, 0.05) is 51.2 Å². The number of aromatic nitrogens is 3. The van der Waals surface area contributed by atoms with Crippen molar-refractivity contribution in [2.24, 2.45) is 7.05 Å². The van der Waals surface area contributed by atoms with Crippen LogP contribution in [0.1, 0.15) is 54.8 Å². The quantitative estimate of drug-likeness (QED) is 0.122. The minimum Gasteiger partial charge on any atom is -0.487 e. The van der Waals surface area contributed by atoms with Gasteiger partial charge in [0.25, 0.3) is 0 Å². The standard InChI is InChI=1S/C35H34F3N3O2S/c1-22-6-12-27(39-18-22)21-43-28-13-15-31-29(17-28)33(44-34(2,3)4)32(41(31)5)25(20-42)16-23-7-9-24(10-8-23)30-14-11-26(19-40-30)35(36,37)38/h6-15,17-20,25H,16,21H2,1-5H3. The average Bonchev–Trinajstić information content (AvgIpc) is 3.24. The lowest BCUT2D eigenvalue weighted by Gasteiger charge is -2.21. The highest BCUT2D eigenvalue weighted by Gasteiger charge is 2.31. The molecular formula is C35H34F3N3O2S. The maximum absolute atomic E-state index is 12.9. The average molecular weight is 618 g/mol. The van der Waals surface area contributed by atoms with Crippen LogP contribution in [0.4, 0.5) is 13.2 Å². The number of thioether (sulfide) groups is 1. The number of rotatable bonds is 9. The molecule has 5 aromatic rings. The van der Waals surface area contributed by atoms with E-state index in [-0.39, 0.29) is 4.75 Å². The van der Waals surface area contributed by atoms with Crippen LogP contribution in [0.15, 0.2) is 84.0 Å². The van der Waals surface area contributed by atoms with Crippen molar-refractivity contribution in [1.82, 2.24) is 14.5 Å². The maximum Gasteiger partial charge on any atom is 0.417 e. The van der Waals surface area contributed by atoms with Gasteiger partial charge in [-0.3, -0.25) is 9.97 Å². The number of aldehydes is 1. The zero-order valence-corrected chi connectivity index (χ0v) is 26.1. The molecule has 0 fully saturated rings. The number of fused-ring (bicyclic) bond motifs is 1. The van der Waals surface area contributed by atoms with Crippen molar-refractivity contribution in [2.75, 3.05) is 0 Å². The van der Waals surface area contributed by atoms with E-state index in [4.69, 9.17) is 4.74 Å². The van der Waals surface area contributed by atoms with Gasteiger partial charge < -0.3 is 14.1 Å². The number of carbonyl (C=O) groups is 1. The first-order chi connectivity index (χ1) is 20.8. The normalized spacial score (nSPS) is 12.8. The third kappa shape index (κ3) is 7.16. The summed E-state index contributed by atoms with van der Waals surface area (Å²) in [4.78, 5) is 22.1. The molecule has 5 nitrogen and oxygen atoms in total. The van der Waals surface area contributed by atoms with Gasteiger partial charge in [-0.1, -0.05) is 51.1 Å². The highest BCUT2D eigenvalue weighted by atomic mass is 32.2. The number of pyridine rings is 2. The minimum atomic E-state index is -4.43. The summed E-state index contributed by atoms with van der Waals surface area (Å²) in [6, 6.07) is 19.8. The number of aryl methyl sites for hydroxylation is 2. The highest BCUT2D eigenvalue weighted by molar-refractivity contribution is 8.00. The third-order valence-corrected chi connectivity index (χ3v) is 8.49. The molecule has 0 N–H and O–H groups in total. The van der Waals surface area contributed by atoms with Crippen LogP contribution in [0.3, 0.4) is 0 Å². The number of carbonyl (C=O) groups excluding carboxylic acids is 1. The van der Waals surface area contributed by atoms with Gasteiger partial charge in [-0.05, 0) is 60.9 Å². The van der Waals surface area contributed by atoms with Crippen molar-refractivity contribution in [3.05, 3.63) is 107 Å². The van der Waals surface area contributed by atoms with E-state index in [1.54, 1.807) is 11.8 Å². The summed E-state index contributed by atoms with van der Waals surface area (Å²) in [5, 5.41) is 1.02. The Morgan fingerprint density at radius 3 is 2.30 bits per heavy atom. The number of benzene rings is 2. The molecule has 2 aromatic carbocycles. The Bertz CT molecular complexity index is 1760. The van der Waals surface area contributed by atoms with Crippen LogP contribution in [0, 0.1) is 6.92 Å². The molecule has 0 radical (unpaired) electrons. The molecule has 3 heterocycles. The van der Waals surface area contributed by atoms with E-state index in [0.29, 0.717) is 24.3 Å². The summed E-state index contributed by atoms with van der Waals surface area (Å²) < 4.78 is 46.9. The van der Waals surface area contributed by atoms with Gasteiger partial charge >= 0.3 is 6.18 Å². The fourth-order valence-corrected chi connectivity index (χ4v) is 6.36. The van der Waals surface area contributed by atoms with Crippen LogP contribution in [-0.2, 0) is 31.0 Å². The van der Waals surface area contributed by atoms with Gasteiger partial charge in [-0.2, -0.15) is 13.2 Å². The zero-order valence-electron chi connectivity index (χ0n) is 25.3. The van der Waals surface area contributed by atoms with Crippen LogP contribution in [0.5, 0.6) is 5.75 Å². The Balaban J connectivity index is 1.43. The Hall–Kier alpha value is -4.11. The molecule has 0 aliphatic rings. The molecule has 5 rings (SSSR count). The fourth-order valence-electron chi connectivity index (χ4n) is 5.08. The molecule has 228 valence electrons. The molecule has 1 unspecified atom stereocenters. The Morgan fingerprint density at radius 2 is 1.70 bits per heavy atom. The Morgan fingerprint density at radius 1 is 0.955 bits per heavy atom. The van der Waals surface area contributed by atoms with Gasteiger partial charge in [-0.15, -0.1) is 11.8 Å². The SMILES string of the molecule is Cc1ccc(COc2ccc3c(c2)c(SC(C)(C)C)c(C(C=O)Cc2ccc(-c4ccc(C(F)(F)F)cn4)cc2)n3C)nc1. The second-order valence-electron chi connectivity index (χ2n) is 11.9. The predicted octanol–water partition coefficient (Wildman–Crippen LogP) is 8.96. The highest BCUT2D eigenvalue weighted by Crippen LogP contribution is 2.44.